The third-order valence-corrected chi connectivity index (χ3v) is 4.03. The molecule has 1 aromatic heterocycles. The van der Waals surface area contributed by atoms with E-state index in [1.807, 2.05) is 12.3 Å². The van der Waals surface area contributed by atoms with Crippen molar-refractivity contribution in [3.8, 4) is 6.07 Å². The fourth-order valence-corrected chi connectivity index (χ4v) is 2.64. The number of aromatic nitrogens is 1. The molecule has 2 nitrogen and oxygen atoms in total. The highest BCUT2D eigenvalue weighted by molar-refractivity contribution is 5.41. The van der Waals surface area contributed by atoms with Crippen LogP contribution in [0.1, 0.15) is 48.6 Å². The number of benzene rings is 1. The number of pyridine rings is 1. The topological polar surface area (TPSA) is 27.7 Å². The molecule has 0 bridgehead atoms. The van der Waals surface area contributed by atoms with E-state index >= 15 is 0 Å². The highest BCUT2D eigenvalue weighted by Crippen LogP contribution is 2.19. The summed E-state index contributed by atoms with van der Waals surface area (Å²) in [4.78, 5) is 0. The molecule has 21 heavy (non-hydrogen) atoms. The fraction of sp³-hybridized carbons (Fsp3) is 0.368. The van der Waals surface area contributed by atoms with Gasteiger partial charge in [-0.15, -0.1) is 0 Å². The number of aryl methyl sites for hydroxylation is 3. The van der Waals surface area contributed by atoms with Crippen molar-refractivity contribution in [3.05, 3.63) is 64.5 Å². The minimum atomic E-state index is 0.779. The van der Waals surface area contributed by atoms with Crippen LogP contribution in [0.5, 0.6) is 0 Å². The molecule has 0 unspecified atom stereocenters. The molecule has 1 heterocycles. The van der Waals surface area contributed by atoms with Crippen molar-refractivity contribution in [2.75, 3.05) is 0 Å². The van der Waals surface area contributed by atoms with Crippen LogP contribution in [0.3, 0.4) is 0 Å². The highest BCUT2D eigenvalue weighted by Gasteiger charge is 2.11. The smallest absolute Gasteiger partial charge is 0.173 e. The fourth-order valence-electron chi connectivity index (χ4n) is 2.64. The lowest BCUT2D eigenvalue weighted by Gasteiger charge is -2.10. The Balaban J connectivity index is 2.40. The summed E-state index contributed by atoms with van der Waals surface area (Å²) in [6.45, 7) is 7.42. The van der Waals surface area contributed by atoms with E-state index in [0.717, 1.165) is 36.9 Å². The molecule has 108 valence electrons. The van der Waals surface area contributed by atoms with Crippen LogP contribution in [0.4, 0.5) is 0 Å². The molecule has 0 aliphatic rings. The zero-order valence-corrected chi connectivity index (χ0v) is 13.2. The molecule has 0 saturated heterocycles. The standard InChI is InChI=1S/C19H23N2/c1-4-15-7-8-17(16(5-2)11-15)12-19-14-21(6-3)10-9-18(19)13-20/h7-11,14H,4-6,12H2,1-3H3/q+1. The number of rotatable bonds is 5. The van der Waals surface area contributed by atoms with Crippen molar-refractivity contribution in [3.63, 3.8) is 0 Å². The lowest BCUT2D eigenvalue weighted by atomic mass is 9.94. The molecule has 0 fully saturated rings. The van der Waals surface area contributed by atoms with Crippen LogP contribution < -0.4 is 4.57 Å². The Bertz CT molecular complexity index is 666. The Morgan fingerprint density at radius 1 is 1.00 bits per heavy atom. The first kappa shape index (κ1) is 15.3. The molecule has 0 saturated carbocycles. The minimum absolute atomic E-state index is 0.779. The number of nitriles is 1. The normalized spacial score (nSPS) is 10.4. The van der Waals surface area contributed by atoms with E-state index < -0.39 is 0 Å². The van der Waals surface area contributed by atoms with Gasteiger partial charge in [0.25, 0.3) is 0 Å². The molecule has 0 amide bonds. The summed E-state index contributed by atoms with van der Waals surface area (Å²) in [6, 6.07) is 11.0. The molecule has 0 aliphatic heterocycles. The molecular formula is C19H23N2+. The van der Waals surface area contributed by atoms with Gasteiger partial charge in [0, 0.05) is 18.1 Å². The van der Waals surface area contributed by atoms with Crippen LogP contribution in [0.25, 0.3) is 0 Å². The Hall–Kier alpha value is -2.14. The van der Waals surface area contributed by atoms with Crippen molar-refractivity contribution < 1.29 is 4.57 Å². The zero-order chi connectivity index (χ0) is 15.2. The predicted molar refractivity (Wildman–Crippen MR) is 85.0 cm³/mol. The molecule has 2 aromatic rings. The van der Waals surface area contributed by atoms with Crippen LogP contribution in [0.15, 0.2) is 36.7 Å². The van der Waals surface area contributed by atoms with Gasteiger partial charge < -0.3 is 0 Å². The van der Waals surface area contributed by atoms with E-state index in [1.165, 1.54) is 16.7 Å². The quantitative estimate of drug-likeness (QED) is 0.769. The maximum atomic E-state index is 9.31. The van der Waals surface area contributed by atoms with Gasteiger partial charge in [0.2, 0.25) is 0 Å². The number of hydrogen-bond donors (Lipinski definition) is 0. The molecule has 0 N–H and O–H groups in total. The predicted octanol–water partition coefficient (Wildman–Crippen LogP) is 3.58. The summed E-state index contributed by atoms with van der Waals surface area (Å²) in [5.74, 6) is 0. The summed E-state index contributed by atoms with van der Waals surface area (Å²) in [5.41, 5.74) is 6.00. The molecule has 1 aromatic carbocycles. The minimum Gasteiger partial charge on any atom is -0.205 e. The molecule has 0 aliphatic carbocycles. The molecule has 0 spiro atoms. The summed E-state index contributed by atoms with van der Waals surface area (Å²) < 4.78 is 2.13. The van der Waals surface area contributed by atoms with Crippen molar-refractivity contribution in [1.29, 1.82) is 5.26 Å². The Kier molecular flexibility index (Phi) is 5.11. The van der Waals surface area contributed by atoms with Gasteiger partial charge in [-0.3, -0.25) is 0 Å². The van der Waals surface area contributed by atoms with E-state index in [-0.39, 0.29) is 0 Å². The summed E-state index contributed by atoms with van der Waals surface area (Å²) in [6.07, 6.45) is 7.01. The van der Waals surface area contributed by atoms with Crippen LogP contribution in [0.2, 0.25) is 0 Å². The summed E-state index contributed by atoms with van der Waals surface area (Å²) in [5, 5.41) is 9.31. The van der Waals surface area contributed by atoms with Gasteiger partial charge >= 0.3 is 0 Å². The molecule has 2 heteroatoms. The van der Waals surface area contributed by atoms with E-state index in [1.54, 1.807) is 0 Å². The Morgan fingerprint density at radius 2 is 1.81 bits per heavy atom. The van der Waals surface area contributed by atoms with Crippen LogP contribution in [0, 0.1) is 11.3 Å². The van der Waals surface area contributed by atoms with Crippen LogP contribution >= 0.6 is 0 Å². The Morgan fingerprint density at radius 3 is 2.43 bits per heavy atom. The lowest BCUT2D eigenvalue weighted by molar-refractivity contribution is -0.694. The highest BCUT2D eigenvalue weighted by atomic mass is 14.9. The second-order valence-corrected chi connectivity index (χ2v) is 5.31. The first-order chi connectivity index (χ1) is 10.2. The second kappa shape index (κ2) is 7.04. The van der Waals surface area contributed by atoms with E-state index in [9.17, 15) is 5.26 Å². The van der Waals surface area contributed by atoms with E-state index in [0.29, 0.717) is 0 Å². The van der Waals surface area contributed by atoms with Crippen molar-refractivity contribution in [1.82, 2.24) is 0 Å². The van der Waals surface area contributed by atoms with Gasteiger partial charge in [0.05, 0.1) is 11.6 Å². The summed E-state index contributed by atoms with van der Waals surface area (Å²) >= 11 is 0. The largest absolute Gasteiger partial charge is 0.205 e. The number of nitrogens with zero attached hydrogens (tertiary/aromatic N) is 2. The molecular weight excluding hydrogens is 256 g/mol. The van der Waals surface area contributed by atoms with Gasteiger partial charge in [0.15, 0.2) is 12.4 Å². The third-order valence-electron chi connectivity index (χ3n) is 4.03. The molecule has 0 atom stereocenters. The maximum absolute atomic E-state index is 9.31. The van der Waals surface area contributed by atoms with Crippen molar-refractivity contribution in [2.45, 2.75) is 46.6 Å². The SMILES string of the molecule is CCc1ccc(Cc2c[n+](CC)ccc2C#N)c(CC)c1. The Labute approximate surface area is 127 Å². The average molecular weight is 279 g/mol. The first-order valence-electron chi connectivity index (χ1n) is 7.74. The average Bonchev–Trinajstić information content (AvgIpc) is 2.55. The van der Waals surface area contributed by atoms with Crippen LogP contribution in [-0.2, 0) is 25.8 Å². The van der Waals surface area contributed by atoms with Crippen molar-refractivity contribution >= 4 is 0 Å². The summed E-state index contributed by atoms with van der Waals surface area (Å²) in [7, 11) is 0. The van der Waals surface area contributed by atoms with Gasteiger partial charge in [-0.25, -0.2) is 4.57 Å². The first-order valence-corrected chi connectivity index (χ1v) is 7.74. The zero-order valence-electron chi connectivity index (χ0n) is 13.2. The number of hydrogen-bond acceptors (Lipinski definition) is 1. The van der Waals surface area contributed by atoms with Crippen LogP contribution in [-0.4, -0.2) is 0 Å². The monoisotopic (exact) mass is 279 g/mol. The van der Waals surface area contributed by atoms with Gasteiger partial charge in [-0.2, -0.15) is 5.26 Å². The van der Waals surface area contributed by atoms with Crippen molar-refractivity contribution in [2.24, 2.45) is 0 Å². The molecule has 0 radical (unpaired) electrons. The van der Waals surface area contributed by atoms with Gasteiger partial charge in [-0.1, -0.05) is 32.0 Å². The van der Waals surface area contributed by atoms with E-state index in [2.05, 4.69) is 55.8 Å². The van der Waals surface area contributed by atoms with Gasteiger partial charge in [0.1, 0.15) is 6.54 Å². The molecule has 2 rings (SSSR count). The lowest BCUT2D eigenvalue weighted by Crippen LogP contribution is -2.32. The maximum Gasteiger partial charge on any atom is 0.173 e. The third kappa shape index (κ3) is 3.49. The van der Waals surface area contributed by atoms with Gasteiger partial charge in [-0.05, 0) is 36.5 Å². The second-order valence-electron chi connectivity index (χ2n) is 5.31. The van der Waals surface area contributed by atoms with E-state index in [4.69, 9.17) is 0 Å².